The maximum atomic E-state index is 10.6. The van der Waals surface area contributed by atoms with E-state index in [2.05, 4.69) is 0 Å². The maximum absolute atomic E-state index is 10.6. The average molecular weight is 188 g/mol. The van der Waals surface area contributed by atoms with Crippen molar-refractivity contribution in [1.82, 2.24) is 4.90 Å². The van der Waals surface area contributed by atoms with Crippen LogP contribution in [0, 0.1) is 0 Å². The van der Waals surface area contributed by atoms with Crippen molar-refractivity contribution in [2.24, 2.45) is 5.73 Å². The molecule has 1 atom stereocenters. The molecule has 0 aliphatic heterocycles. The fourth-order valence-corrected chi connectivity index (χ4v) is 1.08. The number of hydrogen-bond donors (Lipinski definition) is 2. The number of rotatable bonds is 6. The molecular formula is C8H16N2O3. The molecule has 1 amide bonds. The summed E-state index contributed by atoms with van der Waals surface area (Å²) in [6.45, 7) is 2.60. The number of carbonyl (C=O) groups excluding carboxylic acids is 1. The second-order valence-electron chi connectivity index (χ2n) is 3.00. The second kappa shape index (κ2) is 5.53. The monoisotopic (exact) mass is 188 g/mol. The van der Waals surface area contributed by atoms with Crippen LogP contribution in [0.2, 0.25) is 0 Å². The molecule has 0 saturated carbocycles. The van der Waals surface area contributed by atoms with Crippen molar-refractivity contribution < 1.29 is 14.7 Å². The highest BCUT2D eigenvalue weighted by atomic mass is 16.4. The Balaban J connectivity index is 4.17. The fraction of sp³-hybridized carbons (Fsp3) is 0.750. The molecule has 0 radical (unpaired) electrons. The van der Waals surface area contributed by atoms with Gasteiger partial charge in [0.15, 0.2) is 0 Å². The quantitative estimate of drug-likeness (QED) is 0.597. The standard InChI is InChI=1S/C8H16N2O3/c1-3-10(2)6(4-7(9)11)5-8(12)13/h6H,3-5H2,1-2H3,(H2,9,11)(H,12,13). The number of aliphatic carboxylic acids is 1. The van der Waals surface area contributed by atoms with Gasteiger partial charge in [0.25, 0.3) is 0 Å². The molecule has 5 heteroatoms. The van der Waals surface area contributed by atoms with Gasteiger partial charge in [-0.3, -0.25) is 9.59 Å². The van der Waals surface area contributed by atoms with Crippen molar-refractivity contribution in [3.63, 3.8) is 0 Å². The average Bonchev–Trinajstić information content (AvgIpc) is 2.00. The number of primary amides is 1. The molecule has 0 rings (SSSR count). The summed E-state index contributed by atoms with van der Waals surface area (Å²) in [4.78, 5) is 22.9. The molecule has 0 aliphatic rings. The van der Waals surface area contributed by atoms with E-state index in [9.17, 15) is 9.59 Å². The summed E-state index contributed by atoms with van der Waals surface area (Å²) in [5.74, 6) is -1.38. The molecular weight excluding hydrogens is 172 g/mol. The van der Waals surface area contributed by atoms with Crippen LogP contribution in [0.3, 0.4) is 0 Å². The van der Waals surface area contributed by atoms with Crippen molar-refractivity contribution in [2.45, 2.75) is 25.8 Å². The number of nitrogens with two attached hydrogens (primary N) is 1. The molecule has 3 N–H and O–H groups in total. The number of carboxylic acids is 1. The van der Waals surface area contributed by atoms with Gasteiger partial charge in [-0.2, -0.15) is 0 Å². The minimum Gasteiger partial charge on any atom is -0.481 e. The van der Waals surface area contributed by atoms with Crippen LogP contribution in [0.25, 0.3) is 0 Å². The van der Waals surface area contributed by atoms with Crippen molar-refractivity contribution in [1.29, 1.82) is 0 Å². The van der Waals surface area contributed by atoms with Gasteiger partial charge in [-0.05, 0) is 13.6 Å². The fourth-order valence-electron chi connectivity index (χ4n) is 1.08. The molecule has 13 heavy (non-hydrogen) atoms. The van der Waals surface area contributed by atoms with Gasteiger partial charge in [0.1, 0.15) is 0 Å². The third-order valence-corrected chi connectivity index (χ3v) is 1.97. The van der Waals surface area contributed by atoms with Gasteiger partial charge in [-0.15, -0.1) is 0 Å². The normalized spacial score (nSPS) is 12.8. The molecule has 0 fully saturated rings. The Bertz CT molecular complexity index is 178. The third-order valence-electron chi connectivity index (χ3n) is 1.97. The predicted octanol–water partition coefficient (Wildman–Crippen LogP) is -0.343. The lowest BCUT2D eigenvalue weighted by Gasteiger charge is -2.24. The van der Waals surface area contributed by atoms with E-state index in [-0.39, 0.29) is 18.9 Å². The zero-order chi connectivity index (χ0) is 10.4. The van der Waals surface area contributed by atoms with Crippen LogP contribution in [0.4, 0.5) is 0 Å². The summed E-state index contributed by atoms with van der Waals surface area (Å²) in [5.41, 5.74) is 5.00. The zero-order valence-electron chi connectivity index (χ0n) is 7.99. The third kappa shape index (κ3) is 5.19. The lowest BCUT2D eigenvalue weighted by atomic mass is 10.1. The first-order valence-corrected chi connectivity index (χ1v) is 4.17. The lowest BCUT2D eigenvalue weighted by Crippen LogP contribution is -2.36. The number of carboxylic acid groups (broad SMARTS) is 1. The van der Waals surface area contributed by atoms with Gasteiger partial charge in [-0.25, -0.2) is 0 Å². The van der Waals surface area contributed by atoms with Crippen molar-refractivity contribution in [3.8, 4) is 0 Å². The number of amides is 1. The first kappa shape index (κ1) is 11.9. The van der Waals surface area contributed by atoms with Crippen LogP contribution in [0.5, 0.6) is 0 Å². The van der Waals surface area contributed by atoms with E-state index in [1.165, 1.54) is 0 Å². The summed E-state index contributed by atoms with van der Waals surface area (Å²) in [5, 5.41) is 8.56. The van der Waals surface area contributed by atoms with Gasteiger partial charge in [-0.1, -0.05) is 6.92 Å². The van der Waals surface area contributed by atoms with Gasteiger partial charge in [0.2, 0.25) is 5.91 Å². The molecule has 0 aromatic carbocycles. The SMILES string of the molecule is CCN(C)C(CC(N)=O)CC(=O)O. The van der Waals surface area contributed by atoms with Crippen LogP contribution in [0.15, 0.2) is 0 Å². The Kier molecular flexibility index (Phi) is 5.06. The molecule has 0 aliphatic carbocycles. The van der Waals surface area contributed by atoms with Crippen molar-refractivity contribution in [2.75, 3.05) is 13.6 Å². The van der Waals surface area contributed by atoms with E-state index in [1.807, 2.05) is 6.92 Å². The smallest absolute Gasteiger partial charge is 0.304 e. The van der Waals surface area contributed by atoms with Crippen LogP contribution < -0.4 is 5.73 Å². The van der Waals surface area contributed by atoms with E-state index in [4.69, 9.17) is 10.8 Å². The highest BCUT2D eigenvalue weighted by molar-refractivity contribution is 5.76. The highest BCUT2D eigenvalue weighted by Crippen LogP contribution is 2.06. The summed E-state index contributed by atoms with van der Waals surface area (Å²) in [6.07, 6.45) is 0.0456. The van der Waals surface area contributed by atoms with E-state index >= 15 is 0 Å². The summed E-state index contributed by atoms with van der Waals surface area (Å²) in [7, 11) is 1.77. The Morgan fingerprint density at radius 3 is 2.31 bits per heavy atom. The number of nitrogens with zero attached hydrogens (tertiary/aromatic N) is 1. The van der Waals surface area contributed by atoms with Gasteiger partial charge in [0.05, 0.1) is 6.42 Å². The van der Waals surface area contributed by atoms with Crippen molar-refractivity contribution in [3.05, 3.63) is 0 Å². The topological polar surface area (TPSA) is 83.6 Å². The van der Waals surface area contributed by atoms with Crippen molar-refractivity contribution >= 4 is 11.9 Å². The summed E-state index contributed by atoms with van der Waals surface area (Å²) >= 11 is 0. The highest BCUT2D eigenvalue weighted by Gasteiger charge is 2.18. The Hall–Kier alpha value is -1.10. The molecule has 0 saturated heterocycles. The molecule has 0 heterocycles. The Morgan fingerprint density at radius 1 is 1.46 bits per heavy atom. The van der Waals surface area contributed by atoms with E-state index in [0.29, 0.717) is 6.54 Å². The van der Waals surface area contributed by atoms with Gasteiger partial charge in [0, 0.05) is 12.5 Å². The maximum Gasteiger partial charge on any atom is 0.304 e. The second-order valence-corrected chi connectivity index (χ2v) is 3.00. The minimum atomic E-state index is -0.911. The Morgan fingerprint density at radius 2 is 2.00 bits per heavy atom. The first-order chi connectivity index (χ1) is 5.97. The largest absolute Gasteiger partial charge is 0.481 e. The van der Waals surface area contributed by atoms with E-state index < -0.39 is 11.9 Å². The molecule has 0 spiro atoms. The first-order valence-electron chi connectivity index (χ1n) is 4.17. The van der Waals surface area contributed by atoms with Gasteiger partial charge >= 0.3 is 5.97 Å². The minimum absolute atomic E-state index is 0.0483. The lowest BCUT2D eigenvalue weighted by molar-refractivity contribution is -0.138. The van der Waals surface area contributed by atoms with Crippen LogP contribution >= 0.6 is 0 Å². The predicted molar refractivity (Wildman–Crippen MR) is 48.2 cm³/mol. The molecule has 0 aromatic rings. The van der Waals surface area contributed by atoms with Crippen LogP contribution in [-0.2, 0) is 9.59 Å². The van der Waals surface area contributed by atoms with Gasteiger partial charge < -0.3 is 15.7 Å². The van der Waals surface area contributed by atoms with E-state index in [1.54, 1.807) is 11.9 Å². The van der Waals surface area contributed by atoms with Crippen LogP contribution in [0.1, 0.15) is 19.8 Å². The summed E-state index contributed by atoms with van der Waals surface area (Å²) < 4.78 is 0. The number of carbonyl (C=O) groups is 2. The molecule has 0 bridgehead atoms. The molecule has 76 valence electrons. The number of hydrogen-bond acceptors (Lipinski definition) is 3. The van der Waals surface area contributed by atoms with E-state index in [0.717, 1.165) is 0 Å². The molecule has 1 unspecified atom stereocenters. The zero-order valence-corrected chi connectivity index (χ0v) is 7.99. The molecule has 5 nitrogen and oxygen atoms in total. The Labute approximate surface area is 77.5 Å². The summed E-state index contributed by atoms with van der Waals surface area (Å²) in [6, 6.07) is -0.292. The van der Waals surface area contributed by atoms with Crippen LogP contribution in [-0.4, -0.2) is 41.5 Å². The molecule has 0 aromatic heterocycles.